The normalized spacial score (nSPS) is 34.8. The number of ether oxygens (including phenoxy) is 1. The minimum absolute atomic E-state index is 0.219. The topological polar surface area (TPSA) is 153 Å². The SMILES string of the molecule is N#CC1(C#N)[C@H](c2cccc([N+](=O)[O-])c2)O[C@@]23CCCC[C@@H]2[C@@]1(C#N)C(=O)N3. The molecule has 2 heterocycles. The lowest BCUT2D eigenvalue weighted by Crippen LogP contribution is -2.61. The number of hydrogen-bond acceptors (Lipinski definition) is 7. The van der Waals surface area contributed by atoms with Crippen LogP contribution in [-0.4, -0.2) is 16.6 Å². The molecule has 3 fully saturated rings. The minimum Gasteiger partial charge on any atom is -0.345 e. The molecule has 9 nitrogen and oxygen atoms in total. The van der Waals surface area contributed by atoms with Gasteiger partial charge in [0, 0.05) is 18.1 Å². The Bertz CT molecular complexity index is 1000. The van der Waals surface area contributed by atoms with Crippen LogP contribution in [0.1, 0.15) is 37.4 Å². The Morgan fingerprint density at radius 3 is 2.61 bits per heavy atom. The van der Waals surface area contributed by atoms with Crippen molar-refractivity contribution >= 4 is 11.6 Å². The molecule has 0 unspecified atom stereocenters. The lowest BCUT2D eigenvalue weighted by molar-refractivity contribution is -0.385. The van der Waals surface area contributed by atoms with Gasteiger partial charge in [0.1, 0.15) is 11.8 Å². The molecule has 1 aromatic rings. The first-order valence-electron chi connectivity index (χ1n) is 8.89. The average molecular weight is 377 g/mol. The zero-order valence-corrected chi connectivity index (χ0v) is 14.7. The van der Waals surface area contributed by atoms with E-state index in [-0.39, 0.29) is 11.3 Å². The number of non-ortho nitro benzene ring substituents is 1. The standard InChI is InChI=1S/C19H15N5O4/c20-9-17(10-21)15(12-4-3-5-13(8-12)24(26)27)28-19-7-2-1-6-14(19)18(17,11-22)16(25)23-19/h3-5,8,14-15H,1-2,6-7H2,(H,23,25)/t14-,15+,18+,19+/m1/s1. The Kier molecular flexibility index (Phi) is 3.68. The highest BCUT2D eigenvalue weighted by Gasteiger charge is 2.80. The van der Waals surface area contributed by atoms with Gasteiger partial charge in [-0.2, -0.15) is 15.8 Å². The lowest BCUT2D eigenvalue weighted by Gasteiger charge is -2.52. The summed E-state index contributed by atoms with van der Waals surface area (Å²) < 4.78 is 6.23. The number of amides is 1. The third-order valence-electron chi connectivity index (χ3n) is 6.32. The van der Waals surface area contributed by atoms with Crippen molar-refractivity contribution in [3.8, 4) is 18.2 Å². The number of nitro groups is 1. The van der Waals surface area contributed by atoms with Gasteiger partial charge < -0.3 is 10.1 Å². The Labute approximate surface area is 160 Å². The molecule has 1 amide bonds. The van der Waals surface area contributed by atoms with E-state index >= 15 is 0 Å². The van der Waals surface area contributed by atoms with Crippen LogP contribution >= 0.6 is 0 Å². The van der Waals surface area contributed by atoms with E-state index < -0.39 is 39.4 Å². The van der Waals surface area contributed by atoms with Gasteiger partial charge in [0.15, 0.2) is 5.41 Å². The van der Waals surface area contributed by atoms with Gasteiger partial charge in [-0.1, -0.05) is 18.6 Å². The summed E-state index contributed by atoms with van der Waals surface area (Å²) in [5, 5.41) is 44.2. The molecule has 4 rings (SSSR count). The van der Waals surface area contributed by atoms with Crippen LogP contribution in [0.3, 0.4) is 0 Å². The Balaban J connectivity index is 1.99. The second kappa shape index (κ2) is 5.76. The quantitative estimate of drug-likeness (QED) is 0.612. The summed E-state index contributed by atoms with van der Waals surface area (Å²) in [6, 6.07) is 11.3. The van der Waals surface area contributed by atoms with E-state index in [0.29, 0.717) is 12.8 Å². The molecule has 1 aromatic carbocycles. The molecular formula is C19H15N5O4. The van der Waals surface area contributed by atoms with Crippen molar-refractivity contribution in [2.75, 3.05) is 0 Å². The van der Waals surface area contributed by atoms with E-state index in [4.69, 9.17) is 4.74 Å². The third-order valence-corrected chi connectivity index (χ3v) is 6.32. The fraction of sp³-hybridized carbons (Fsp3) is 0.474. The predicted octanol–water partition coefficient (Wildman–Crippen LogP) is 2.23. The van der Waals surface area contributed by atoms with Crippen LogP contribution in [0.15, 0.2) is 24.3 Å². The molecule has 28 heavy (non-hydrogen) atoms. The molecule has 0 aromatic heterocycles. The molecule has 3 aliphatic rings. The Morgan fingerprint density at radius 2 is 1.96 bits per heavy atom. The number of carbonyl (C=O) groups excluding carboxylic acids is 1. The van der Waals surface area contributed by atoms with Crippen molar-refractivity contribution in [3.63, 3.8) is 0 Å². The maximum Gasteiger partial charge on any atom is 0.269 e. The summed E-state index contributed by atoms with van der Waals surface area (Å²) in [5.41, 5.74) is -5.21. The molecule has 4 atom stereocenters. The summed E-state index contributed by atoms with van der Waals surface area (Å²) in [6.07, 6.45) is 1.15. The fourth-order valence-electron chi connectivity index (χ4n) is 5.09. The Hall–Kier alpha value is -3.48. The van der Waals surface area contributed by atoms with E-state index in [0.717, 1.165) is 12.8 Å². The highest BCUT2D eigenvalue weighted by molar-refractivity contribution is 5.92. The summed E-state index contributed by atoms with van der Waals surface area (Å²) >= 11 is 0. The lowest BCUT2D eigenvalue weighted by atomic mass is 9.51. The van der Waals surface area contributed by atoms with E-state index in [1.807, 2.05) is 18.2 Å². The van der Waals surface area contributed by atoms with Gasteiger partial charge in [-0.05, 0) is 24.8 Å². The van der Waals surface area contributed by atoms with Crippen LogP contribution in [0, 0.1) is 60.9 Å². The molecule has 140 valence electrons. The second-order valence-electron chi connectivity index (χ2n) is 7.44. The first-order valence-corrected chi connectivity index (χ1v) is 8.89. The van der Waals surface area contributed by atoms with Crippen molar-refractivity contribution in [3.05, 3.63) is 39.9 Å². The fourth-order valence-corrected chi connectivity index (χ4v) is 5.09. The minimum atomic E-state index is -2.14. The van der Waals surface area contributed by atoms with Crippen LogP contribution in [0.2, 0.25) is 0 Å². The average Bonchev–Trinajstić information content (AvgIpc) is 2.92. The van der Waals surface area contributed by atoms with Gasteiger partial charge in [0.05, 0.1) is 23.1 Å². The first kappa shape index (κ1) is 17.9. The predicted molar refractivity (Wildman–Crippen MR) is 91.5 cm³/mol. The van der Waals surface area contributed by atoms with Gasteiger partial charge in [0.25, 0.3) is 5.69 Å². The number of nitriles is 3. The van der Waals surface area contributed by atoms with Crippen molar-refractivity contribution < 1.29 is 14.5 Å². The highest BCUT2D eigenvalue weighted by atomic mass is 16.6. The van der Waals surface area contributed by atoms with Crippen molar-refractivity contribution in [1.82, 2.24) is 5.32 Å². The molecule has 2 saturated heterocycles. The number of rotatable bonds is 2. The molecule has 0 radical (unpaired) electrons. The molecule has 1 N–H and O–H groups in total. The smallest absolute Gasteiger partial charge is 0.269 e. The maximum absolute atomic E-state index is 13.0. The molecule has 1 saturated carbocycles. The number of nitrogens with zero attached hydrogens (tertiary/aromatic N) is 4. The molecule has 0 spiro atoms. The summed E-state index contributed by atoms with van der Waals surface area (Å²) in [5.74, 6) is -1.32. The third kappa shape index (κ3) is 1.88. The van der Waals surface area contributed by atoms with Crippen LogP contribution in [0.4, 0.5) is 5.69 Å². The van der Waals surface area contributed by atoms with Crippen LogP contribution in [-0.2, 0) is 9.53 Å². The zero-order chi connectivity index (χ0) is 20.2. The Morgan fingerprint density at radius 1 is 1.21 bits per heavy atom. The number of benzene rings is 1. The molecule has 1 aliphatic carbocycles. The van der Waals surface area contributed by atoms with Gasteiger partial charge in [0.2, 0.25) is 11.3 Å². The van der Waals surface area contributed by atoms with Crippen molar-refractivity contribution in [2.24, 2.45) is 16.7 Å². The van der Waals surface area contributed by atoms with Crippen LogP contribution < -0.4 is 5.32 Å². The van der Waals surface area contributed by atoms with Crippen molar-refractivity contribution in [1.29, 1.82) is 15.8 Å². The van der Waals surface area contributed by atoms with Crippen LogP contribution in [0.25, 0.3) is 0 Å². The van der Waals surface area contributed by atoms with Gasteiger partial charge in [-0.3, -0.25) is 14.9 Å². The van der Waals surface area contributed by atoms with E-state index in [9.17, 15) is 30.7 Å². The van der Waals surface area contributed by atoms with E-state index in [1.54, 1.807) is 0 Å². The van der Waals surface area contributed by atoms with Gasteiger partial charge in [-0.25, -0.2) is 0 Å². The molecule has 2 aliphatic heterocycles. The number of carbonyl (C=O) groups is 1. The first-order chi connectivity index (χ1) is 13.4. The zero-order valence-electron chi connectivity index (χ0n) is 14.7. The van der Waals surface area contributed by atoms with Gasteiger partial charge in [-0.15, -0.1) is 0 Å². The highest BCUT2D eigenvalue weighted by Crippen LogP contribution is 2.67. The van der Waals surface area contributed by atoms with E-state index in [2.05, 4.69) is 5.32 Å². The van der Waals surface area contributed by atoms with Crippen LogP contribution in [0.5, 0.6) is 0 Å². The van der Waals surface area contributed by atoms with Crippen molar-refractivity contribution in [2.45, 2.75) is 37.5 Å². The summed E-state index contributed by atoms with van der Waals surface area (Å²) in [7, 11) is 0. The maximum atomic E-state index is 13.0. The monoisotopic (exact) mass is 377 g/mol. The van der Waals surface area contributed by atoms with E-state index in [1.165, 1.54) is 24.3 Å². The summed E-state index contributed by atoms with van der Waals surface area (Å²) in [6.45, 7) is 0. The number of hydrogen-bond donors (Lipinski definition) is 1. The molecule has 9 heteroatoms. The number of nitro benzene ring substituents is 1. The summed E-state index contributed by atoms with van der Waals surface area (Å²) in [4.78, 5) is 23.6. The molecule has 2 bridgehead atoms. The molecular weight excluding hydrogens is 362 g/mol. The largest absolute Gasteiger partial charge is 0.345 e. The number of nitrogens with one attached hydrogen (secondary N) is 1. The second-order valence-corrected chi connectivity index (χ2v) is 7.44. The van der Waals surface area contributed by atoms with Gasteiger partial charge >= 0.3 is 0 Å².